The number of hydrogen-bond donors (Lipinski definition) is 2. The molecule has 2 atom stereocenters. The first-order valence-corrected chi connectivity index (χ1v) is 7.96. The molecule has 1 amide bonds. The van der Waals surface area contributed by atoms with Crippen LogP contribution in [0.4, 0.5) is 0 Å². The normalized spacial score (nSPS) is 18.6. The van der Waals surface area contributed by atoms with Crippen molar-refractivity contribution in [3.05, 3.63) is 34.9 Å². The molecule has 0 aromatic heterocycles. The van der Waals surface area contributed by atoms with E-state index in [1.807, 2.05) is 25.1 Å². The summed E-state index contributed by atoms with van der Waals surface area (Å²) in [5.74, 6) is -0.273. The number of carbonyl (C=O) groups is 1. The number of carbonyl (C=O) groups excluding carboxylic acids is 1. The highest BCUT2D eigenvalue weighted by atomic mass is 35.5. The number of amides is 1. The van der Waals surface area contributed by atoms with Crippen molar-refractivity contribution in [1.29, 1.82) is 0 Å². The maximum atomic E-state index is 11.0. The minimum Gasteiger partial charge on any atom is -0.370 e. The molecule has 4 nitrogen and oxygen atoms in total. The Hall–Kier alpha value is -1.10. The van der Waals surface area contributed by atoms with Gasteiger partial charge in [-0.15, -0.1) is 0 Å². The molecule has 1 fully saturated rings. The van der Waals surface area contributed by atoms with Gasteiger partial charge in [0.25, 0.3) is 0 Å². The Morgan fingerprint density at radius 1 is 1.38 bits per heavy atom. The van der Waals surface area contributed by atoms with Crippen LogP contribution in [0.25, 0.3) is 0 Å². The third kappa shape index (κ3) is 4.70. The van der Waals surface area contributed by atoms with Gasteiger partial charge >= 0.3 is 0 Å². The van der Waals surface area contributed by atoms with Crippen LogP contribution >= 0.6 is 11.6 Å². The fraction of sp³-hybridized carbons (Fsp3) is 0.562. The van der Waals surface area contributed by atoms with Crippen LogP contribution in [-0.2, 0) is 4.79 Å². The first kappa shape index (κ1) is 16.3. The maximum Gasteiger partial charge on any atom is 0.218 e. The predicted molar refractivity (Wildman–Crippen MR) is 86.3 cm³/mol. The molecule has 0 bridgehead atoms. The molecule has 0 aliphatic carbocycles. The zero-order valence-electron chi connectivity index (χ0n) is 12.5. The molecule has 1 heterocycles. The highest BCUT2D eigenvalue weighted by Crippen LogP contribution is 2.29. The smallest absolute Gasteiger partial charge is 0.218 e. The molecule has 0 saturated carbocycles. The number of likely N-dealkylation sites (tertiary alicyclic amines) is 1. The molecule has 1 aromatic rings. The molecule has 5 heteroatoms. The Balaban J connectivity index is 2.06. The Kier molecular flexibility index (Phi) is 6.03. The Morgan fingerprint density at radius 3 is 2.67 bits per heavy atom. The molecule has 0 radical (unpaired) electrons. The average Bonchev–Trinajstić information content (AvgIpc) is 2.94. The second kappa shape index (κ2) is 7.78. The third-order valence-electron chi connectivity index (χ3n) is 4.01. The summed E-state index contributed by atoms with van der Waals surface area (Å²) in [4.78, 5) is 13.4. The Morgan fingerprint density at radius 2 is 2.05 bits per heavy atom. The molecule has 116 valence electrons. The van der Waals surface area contributed by atoms with Crippen molar-refractivity contribution in [3.8, 4) is 0 Å². The molecule has 3 N–H and O–H groups in total. The quantitative estimate of drug-likeness (QED) is 0.813. The van der Waals surface area contributed by atoms with Crippen molar-refractivity contribution >= 4 is 17.5 Å². The molecule has 1 aromatic carbocycles. The molecule has 21 heavy (non-hydrogen) atoms. The van der Waals surface area contributed by atoms with Gasteiger partial charge in [0.05, 0.1) is 0 Å². The van der Waals surface area contributed by atoms with Gasteiger partial charge in [-0.25, -0.2) is 0 Å². The second-order valence-corrected chi connectivity index (χ2v) is 6.17. The molecule has 1 saturated heterocycles. The zero-order valence-corrected chi connectivity index (χ0v) is 13.3. The molecule has 1 aliphatic heterocycles. The first-order chi connectivity index (χ1) is 10.1. The largest absolute Gasteiger partial charge is 0.370 e. The number of benzene rings is 1. The fourth-order valence-corrected chi connectivity index (χ4v) is 3.18. The summed E-state index contributed by atoms with van der Waals surface area (Å²) in [6.45, 7) is 4.96. The lowest BCUT2D eigenvalue weighted by atomic mass is 10.0. The average molecular weight is 310 g/mol. The van der Waals surface area contributed by atoms with Crippen LogP contribution in [0.1, 0.15) is 37.8 Å². The number of halogens is 1. The van der Waals surface area contributed by atoms with Crippen molar-refractivity contribution in [3.63, 3.8) is 0 Å². The van der Waals surface area contributed by atoms with Crippen LogP contribution in [0.2, 0.25) is 5.02 Å². The lowest BCUT2D eigenvalue weighted by molar-refractivity contribution is -0.118. The Labute approximate surface area is 131 Å². The van der Waals surface area contributed by atoms with E-state index < -0.39 is 0 Å². The van der Waals surface area contributed by atoms with Gasteiger partial charge in [-0.1, -0.05) is 29.8 Å². The summed E-state index contributed by atoms with van der Waals surface area (Å²) in [7, 11) is 0. The van der Waals surface area contributed by atoms with Gasteiger partial charge in [0, 0.05) is 30.1 Å². The van der Waals surface area contributed by atoms with E-state index in [2.05, 4.69) is 16.3 Å². The van der Waals surface area contributed by atoms with Gasteiger partial charge in [-0.2, -0.15) is 0 Å². The van der Waals surface area contributed by atoms with E-state index in [1.54, 1.807) is 0 Å². The van der Waals surface area contributed by atoms with E-state index in [0.29, 0.717) is 6.42 Å². The van der Waals surface area contributed by atoms with Gasteiger partial charge in [0.15, 0.2) is 0 Å². The summed E-state index contributed by atoms with van der Waals surface area (Å²) < 4.78 is 0. The van der Waals surface area contributed by atoms with Crippen LogP contribution in [-0.4, -0.2) is 36.5 Å². The summed E-state index contributed by atoms with van der Waals surface area (Å²) in [6, 6.07) is 8.33. The zero-order chi connectivity index (χ0) is 15.2. The summed E-state index contributed by atoms with van der Waals surface area (Å²) in [5, 5.41) is 4.22. The maximum absolute atomic E-state index is 11.0. The highest BCUT2D eigenvalue weighted by Gasteiger charge is 2.25. The lowest BCUT2D eigenvalue weighted by Gasteiger charge is -2.30. The number of primary amides is 1. The summed E-state index contributed by atoms with van der Waals surface area (Å²) in [6.07, 6.45) is 2.82. The minimum absolute atomic E-state index is 0.0788. The fourth-order valence-electron chi connectivity index (χ4n) is 2.92. The van der Waals surface area contributed by atoms with Crippen molar-refractivity contribution in [2.24, 2.45) is 5.73 Å². The monoisotopic (exact) mass is 309 g/mol. The van der Waals surface area contributed by atoms with Crippen LogP contribution in [0.3, 0.4) is 0 Å². The van der Waals surface area contributed by atoms with Crippen molar-refractivity contribution in [1.82, 2.24) is 10.2 Å². The van der Waals surface area contributed by atoms with E-state index >= 15 is 0 Å². The van der Waals surface area contributed by atoms with E-state index in [-0.39, 0.29) is 18.0 Å². The third-order valence-corrected chi connectivity index (χ3v) is 4.36. The van der Waals surface area contributed by atoms with E-state index in [4.69, 9.17) is 17.3 Å². The lowest BCUT2D eigenvalue weighted by Crippen LogP contribution is -2.39. The van der Waals surface area contributed by atoms with E-state index in [1.165, 1.54) is 12.8 Å². The highest BCUT2D eigenvalue weighted by molar-refractivity contribution is 6.31. The van der Waals surface area contributed by atoms with Crippen LogP contribution in [0.15, 0.2) is 24.3 Å². The summed E-state index contributed by atoms with van der Waals surface area (Å²) >= 11 is 6.37. The number of hydrogen-bond acceptors (Lipinski definition) is 3. The van der Waals surface area contributed by atoms with Crippen molar-refractivity contribution in [2.45, 2.75) is 38.3 Å². The number of nitrogens with two attached hydrogens (primary N) is 1. The molecular weight excluding hydrogens is 286 g/mol. The van der Waals surface area contributed by atoms with Gasteiger partial charge in [0.2, 0.25) is 5.91 Å². The molecular formula is C16H24ClN3O. The standard InChI is InChI=1S/C16H24ClN3O/c1-12(10-16(18)21)19-11-15(20-8-4-5-9-20)13-6-2-3-7-14(13)17/h2-3,6-7,12,15,19H,4-5,8-11H2,1H3,(H2,18,21)/t12-,15+/m1/s1. The topological polar surface area (TPSA) is 58.4 Å². The van der Waals surface area contributed by atoms with Gasteiger partial charge in [0.1, 0.15) is 0 Å². The minimum atomic E-state index is -0.273. The number of nitrogens with one attached hydrogen (secondary N) is 1. The van der Waals surface area contributed by atoms with Crippen LogP contribution < -0.4 is 11.1 Å². The van der Waals surface area contributed by atoms with Gasteiger partial charge in [-0.05, 0) is 44.5 Å². The van der Waals surface area contributed by atoms with Crippen molar-refractivity contribution < 1.29 is 4.79 Å². The second-order valence-electron chi connectivity index (χ2n) is 5.76. The van der Waals surface area contributed by atoms with Gasteiger partial charge in [-0.3, -0.25) is 9.69 Å². The van der Waals surface area contributed by atoms with Gasteiger partial charge < -0.3 is 11.1 Å². The predicted octanol–water partition coefficient (Wildman–Crippen LogP) is 2.33. The first-order valence-electron chi connectivity index (χ1n) is 7.58. The number of nitrogens with zero attached hydrogens (tertiary/aromatic N) is 1. The molecule has 0 unspecified atom stereocenters. The van der Waals surface area contributed by atoms with Crippen LogP contribution in [0, 0.1) is 0 Å². The molecule has 1 aliphatic rings. The van der Waals surface area contributed by atoms with E-state index in [9.17, 15) is 4.79 Å². The van der Waals surface area contributed by atoms with Crippen LogP contribution in [0.5, 0.6) is 0 Å². The SMILES string of the molecule is C[C@H](CC(N)=O)NC[C@@H](c1ccccc1Cl)N1CCCC1. The Bertz CT molecular complexity index is 474. The molecule has 2 rings (SSSR count). The van der Waals surface area contributed by atoms with E-state index in [0.717, 1.165) is 30.2 Å². The summed E-state index contributed by atoms with van der Waals surface area (Å²) in [5.41, 5.74) is 6.40. The van der Waals surface area contributed by atoms with Crippen molar-refractivity contribution in [2.75, 3.05) is 19.6 Å². The number of rotatable bonds is 7. The molecule has 0 spiro atoms.